The second-order valence-corrected chi connectivity index (χ2v) is 4.54. The molecule has 0 aromatic rings. The normalized spacial score (nSPS) is 47.3. The zero-order valence-electron chi connectivity index (χ0n) is 8.53. The molecule has 2 aliphatic heterocycles. The van der Waals surface area contributed by atoms with Crippen LogP contribution in [0.1, 0.15) is 20.3 Å². The van der Waals surface area contributed by atoms with E-state index >= 15 is 0 Å². The third-order valence-electron chi connectivity index (χ3n) is 3.77. The Morgan fingerprint density at radius 1 is 1.31 bits per heavy atom. The molecule has 2 rings (SSSR count). The zero-order chi connectivity index (χ0) is 9.42. The molecule has 0 aromatic heterocycles. The quantitative estimate of drug-likeness (QED) is 0.604. The van der Waals surface area contributed by atoms with Gasteiger partial charge >= 0.3 is 0 Å². The van der Waals surface area contributed by atoms with Gasteiger partial charge in [-0.05, 0) is 25.8 Å². The highest BCUT2D eigenvalue weighted by atomic mass is 16.3. The first kappa shape index (κ1) is 9.44. The minimum absolute atomic E-state index is 0.159. The largest absolute Gasteiger partial charge is 0.390 e. The second kappa shape index (κ2) is 3.56. The number of hydrogen-bond donors (Lipinski definition) is 2. The van der Waals surface area contributed by atoms with Crippen molar-refractivity contribution >= 4 is 0 Å². The summed E-state index contributed by atoms with van der Waals surface area (Å²) in [7, 11) is 0. The number of nitrogens with zero attached hydrogens (tertiary/aromatic N) is 1. The molecule has 3 nitrogen and oxygen atoms in total. The van der Waals surface area contributed by atoms with E-state index in [0.29, 0.717) is 12.1 Å². The van der Waals surface area contributed by atoms with Crippen LogP contribution < -0.4 is 5.32 Å². The van der Waals surface area contributed by atoms with Crippen molar-refractivity contribution in [1.82, 2.24) is 10.2 Å². The molecule has 0 saturated carbocycles. The lowest BCUT2D eigenvalue weighted by Crippen LogP contribution is -2.45. The Balaban J connectivity index is 2.00. The third-order valence-corrected chi connectivity index (χ3v) is 3.77. The molecule has 13 heavy (non-hydrogen) atoms. The van der Waals surface area contributed by atoms with E-state index in [1.807, 2.05) is 0 Å². The maximum Gasteiger partial charge on any atom is 0.0831 e. The van der Waals surface area contributed by atoms with Crippen LogP contribution in [0.25, 0.3) is 0 Å². The molecular formula is C10H20N2O. The van der Waals surface area contributed by atoms with Crippen molar-refractivity contribution in [3.8, 4) is 0 Å². The van der Waals surface area contributed by atoms with Crippen LogP contribution in [0.15, 0.2) is 0 Å². The van der Waals surface area contributed by atoms with Gasteiger partial charge in [-0.2, -0.15) is 0 Å². The highest BCUT2D eigenvalue weighted by molar-refractivity contribution is 4.94. The van der Waals surface area contributed by atoms with E-state index in [0.717, 1.165) is 25.6 Å². The molecule has 0 bridgehead atoms. The summed E-state index contributed by atoms with van der Waals surface area (Å²) in [5, 5.41) is 13.0. The Hall–Kier alpha value is -0.120. The van der Waals surface area contributed by atoms with Crippen molar-refractivity contribution in [2.75, 3.05) is 19.6 Å². The molecule has 2 saturated heterocycles. The average molecular weight is 184 g/mol. The van der Waals surface area contributed by atoms with E-state index < -0.39 is 0 Å². The molecule has 4 atom stereocenters. The van der Waals surface area contributed by atoms with Crippen LogP contribution in [-0.4, -0.2) is 47.8 Å². The maximum absolute atomic E-state index is 9.75. The van der Waals surface area contributed by atoms with Gasteiger partial charge in [-0.1, -0.05) is 6.92 Å². The van der Waals surface area contributed by atoms with Gasteiger partial charge in [0.1, 0.15) is 0 Å². The van der Waals surface area contributed by atoms with Gasteiger partial charge in [-0.3, -0.25) is 4.90 Å². The number of hydrogen-bond acceptors (Lipinski definition) is 3. The van der Waals surface area contributed by atoms with Crippen molar-refractivity contribution in [2.24, 2.45) is 5.92 Å². The lowest BCUT2D eigenvalue weighted by molar-refractivity contribution is 0.0744. The van der Waals surface area contributed by atoms with Crippen LogP contribution in [-0.2, 0) is 0 Å². The zero-order valence-corrected chi connectivity index (χ0v) is 8.53. The Morgan fingerprint density at radius 3 is 2.54 bits per heavy atom. The van der Waals surface area contributed by atoms with Gasteiger partial charge in [0.15, 0.2) is 0 Å². The summed E-state index contributed by atoms with van der Waals surface area (Å²) in [6, 6.07) is 1.000. The number of aliphatic hydroxyl groups is 1. The summed E-state index contributed by atoms with van der Waals surface area (Å²) in [5.74, 6) is 0.785. The molecule has 0 aliphatic carbocycles. The second-order valence-electron chi connectivity index (χ2n) is 4.54. The Labute approximate surface area is 80.1 Å². The average Bonchev–Trinajstić information content (AvgIpc) is 2.62. The van der Waals surface area contributed by atoms with Gasteiger partial charge in [0.25, 0.3) is 0 Å². The van der Waals surface area contributed by atoms with Crippen LogP contribution >= 0.6 is 0 Å². The van der Waals surface area contributed by atoms with E-state index in [1.54, 1.807) is 0 Å². The minimum Gasteiger partial charge on any atom is -0.390 e. The lowest BCUT2D eigenvalue weighted by Gasteiger charge is -2.31. The van der Waals surface area contributed by atoms with Crippen molar-refractivity contribution in [3.05, 3.63) is 0 Å². The van der Waals surface area contributed by atoms with Crippen LogP contribution in [0.3, 0.4) is 0 Å². The first-order valence-corrected chi connectivity index (χ1v) is 5.34. The van der Waals surface area contributed by atoms with E-state index in [2.05, 4.69) is 24.1 Å². The maximum atomic E-state index is 9.75. The summed E-state index contributed by atoms with van der Waals surface area (Å²) in [4.78, 5) is 2.47. The fourth-order valence-electron chi connectivity index (χ4n) is 2.58. The monoisotopic (exact) mass is 184 g/mol. The summed E-state index contributed by atoms with van der Waals surface area (Å²) in [5.41, 5.74) is 0. The minimum atomic E-state index is -0.159. The van der Waals surface area contributed by atoms with Crippen LogP contribution in [0.5, 0.6) is 0 Å². The van der Waals surface area contributed by atoms with Gasteiger partial charge in [0.2, 0.25) is 0 Å². The predicted molar refractivity (Wildman–Crippen MR) is 52.6 cm³/mol. The van der Waals surface area contributed by atoms with Crippen molar-refractivity contribution in [1.29, 1.82) is 0 Å². The molecule has 0 spiro atoms. The summed E-state index contributed by atoms with van der Waals surface area (Å²) >= 11 is 0. The number of nitrogens with one attached hydrogen (secondary N) is 1. The molecule has 0 amide bonds. The fraction of sp³-hybridized carbons (Fsp3) is 1.00. The molecule has 2 fully saturated rings. The van der Waals surface area contributed by atoms with Gasteiger partial charge in [-0.25, -0.2) is 0 Å². The van der Waals surface area contributed by atoms with E-state index in [9.17, 15) is 5.11 Å². The van der Waals surface area contributed by atoms with Crippen LogP contribution in [0, 0.1) is 5.92 Å². The van der Waals surface area contributed by atoms with E-state index in [1.165, 1.54) is 6.42 Å². The number of aliphatic hydroxyl groups excluding tert-OH is 1. The molecular weight excluding hydrogens is 164 g/mol. The van der Waals surface area contributed by atoms with E-state index in [-0.39, 0.29) is 6.10 Å². The van der Waals surface area contributed by atoms with Gasteiger partial charge in [0, 0.05) is 25.2 Å². The molecule has 2 aliphatic rings. The van der Waals surface area contributed by atoms with Gasteiger partial charge in [0.05, 0.1) is 6.10 Å². The summed E-state index contributed by atoms with van der Waals surface area (Å²) < 4.78 is 0. The molecule has 2 N–H and O–H groups in total. The van der Waals surface area contributed by atoms with Gasteiger partial charge < -0.3 is 10.4 Å². The molecule has 2 unspecified atom stereocenters. The first-order valence-electron chi connectivity index (χ1n) is 5.34. The Bertz CT molecular complexity index is 186. The topological polar surface area (TPSA) is 35.5 Å². The SMILES string of the molecule is CC1CCN([C@@H]2CNC[C@H]2O)C1C. The van der Waals surface area contributed by atoms with Crippen molar-refractivity contribution in [2.45, 2.75) is 38.5 Å². The van der Waals surface area contributed by atoms with Crippen molar-refractivity contribution < 1.29 is 5.11 Å². The predicted octanol–water partition coefficient (Wildman–Crippen LogP) is 0.0494. The Morgan fingerprint density at radius 2 is 2.08 bits per heavy atom. The van der Waals surface area contributed by atoms with E-state index in [4.69, 9.17) is 0 Å². The molecule has 0 radical (unpaired) electrons. The Kier molecular flexibility index (Phi) is 2.58. The molecule has 76 valence electrons. The standard InChI is InChI=1S/C10H20N2O/c1-7-3-4-12(8(7)2)9-5-11-6-10(9)13/h7-11,13H,3-6H2,1-2H3/t7?,8?,9-,10-/m1/s1. The number of likely N-dealkylation sites (tertiary alicyclic amines) is 1. The highest BCUT2D eigenvalue weighted by Crippen LogP contribution is 2.27. The molecule has 0 aromatic carbocycles. The highest BCUT2D eigenvalue weighted by Gasteiger charge is 2.37. The molecule has 2 heterocycles. The smallest absolute Gasteiger partial charge is 0.0831 e. The van der Waals surface area contributed by atoms with Crippen molar-refractivity contribution in [3.63, 3.8) is 0 Å². The molecule has 3 heteroatoms. The van der Waals surface area contributed by atoms with Crippen LogP contribution in [0.4, 0.5) is 0 Å². The lowest BCUT2D eigenvalue weighted by atomic mass is 10.0. The number of β-amino-alcohol motifs (C(OH)–C–C–N with tert-alkyl or cyclic N) is 1. The number of rotatable bonds is 1. The summed E-state index contributed by atoms with van der Waals surface area (Å²) in [6.07, 6.45) is 1.12. The summed E-state index contributed by atoms with van der Waals surface area (Å²) in [6.45, 7) is 7.47. The van der Waals surface area contributed by atoms with Gasteiger partial charge in [-0.15, -0.1) is 0 Å². The van der Waals surface area contributed by atoms with Crippen LogP contribution in [0.2, 0.25) is 0 Å². The first-order chi connectivity index (χ1) is 6.20. The fourth-order valence-corrected chi connectivity index (χ4v) is 2.58. The third kappa shape index (κ3) is 1.60.